The molecule has 4 aromatic rings. The van der Waals surface area contributed by atoms with E-state index < -0.39 is 39.0 Å². The standard InChI is InChI=1S/C37H42FN3O5Si/c1-37(2,3)47(30-16-10-6-11-17-30,31-18-12-7-13-19-31)45-26-32-34(43-25-28-20-22-29(42-4)23-21-28)35(33(40-41-39)36(38)46-32)44-24-27-14-8-5-9-15-27/h5-23,32-36H,24-26H2,1-4H3/t32-,33-,34-,35-,36-/m1/s1. The van der Waals surface area contributed by atoms with Crippen LogP contribution in [0.5, 0.6) is 5.75 Å². The van der Waals surface area contributed by atoms with E-state index in [1.165, 1.54) is 0 Å². The number of methoxy groups -OCH3 is 1. The Morgan fingerprint density at radius 3 is 1.79 bits per heavy atom. The van der Waals surface area contributed by atoms with Crippen molar-refractivity contribution in [2.45, 2.75) is 69.7 Å². The van der Waals surface area contributed by atoms with Crippen molar-refractivity contribution in [1.82, 2.24) is 0 Å². The molecule has 0 unspecified atom stereocenters. The van der Waals surface area contributed by atoms with Crippen LogP contribution >= 0.6 is 0 Å². The van der Waals surface area contributed by atoms with Crippen LogP contribution in [0.4, 0.5) is 4.39 Å². The summed E-state index contributed by atoms with van der Waals surface area (Å²) in [5, 5.41) is 5.66. The van der Waals surface area contributed by atoms with E-state index in [-0.39, 0.29) is 24.9 Å². The van der Waals surface area contributed by atoms with E-state index in [1.807, 2.05) is 91.0 Å². The van der Waals surface area contributed by atoms with Crippen molar-refractivity contribution in [3.63, 3.8) is 0 Å². The fourth-order valence-electron chi connectivity index (χ4n) is 6.24. The molecule has 0 bridgehead atoms. The molecule has 0 N–H and O–H groups in total. The molecule has 1 fully saturated rings. The molecule has 1 heterocycles. The summed E-state index contributed by atoms with van der Waals surface area (Å²) in [7, 11) is -1.39. The predicted molar refractivity (Wildman–Crippen MR) is 183 cm³/mol. The zero-order valence-electron chi connectivity index (χ0n) is 27.2. The van der Waals surface area contributed by atoms with E-state index in [1.54, 1.807) is 7.11 Å². The molecule has 0 spiro atoms. The van der Waals surface area contributed by atoms with Crippen LogP contribution in [-0.4, -0.2) is 52.7 Å². The molecule has 1 saturated heterocycles. The second-order valence-electron chi connectivity index (χ2n) is 12.6. The summed E-state index contributed by atoms with van der Waals surface area (Å²) in [4.78, 5) is 2.94. The summed E-state index contributed by atoms with van der Waals surface area (Å²) in [6, 6.07) is 36.3. The topological polar surface area (TPSA) is 94.9 Å². The van der Waals surface area contributed by atoms with E-state index in [2.05, 4.69) is 55.1 Å². The Morgan fingerprint density at radius 1 is 0.766 bits per heavy atom. The minimum atomic E-state index is -3.00. The fourth-order valence-corrected chi connectivity index (χ4v) is 10.8. The highest BCUT2D eigenvalue weighted by Gasteiger charge is 2.53. The van der Waals surface area contributed by atoms with Crippen molar-refractivity contribution in [2.75, 3.05) is 13.7 Å². The maximum Gasteiger partial charge on any atom is 0.261 e. The molecule has 1 aliphatic heterocycles. The van der Waals surface area contributed by atoms with Crippen molar-refractivity contribution in [3.05, 3.63) is 137 Å². The third-order valence-electron chi connectivity index (χ3n) is 8.55. The molecule has 0 amide bonds. The average Bonchev–Trinajstić information content (AvgIpc) is 3.09. The van der Waals surface area contributed by atoms with Gasteiger partial charge in [-0.25, -0.2) is 4.39 Å². The maximum absolute atomic E-state index is 15.9. The zero-order valence-corrected chi connectivity index (χ0v) is 28.2. The van der Waals surface area contributed by atoms with Gasteiger partial charge in [-0.05, 0) is 44.2 Å². The number of benzene rings is 4. The number of ether oxygens (including phenoxy) is 4. The van der Waals surface area contributed by atoms with Crippen LogP contribution < -0.4 is 15.1 Å². The molecule has 8 nitrogen and oxygen atoms in total. The number of nitrogens with zero attached hydrogens (tertiary/aromatic N) is 3. The molecule has 0 aliphatic carbocycles. The quantitative estimate of drug-likeness (QED) is 0.0662. The first-order valence-electron chi connectivity index (χ1n) is 15.8. The van der Waals surface area contributed by atoms with Gasteiger partial charge in [0, 0.05) is 4.91 Å². The number of hydrogen-bond donors (Lipinski definition) is 0. The van der Waals surface area contributed by atoms with Crippen LogP contribution in [0.2, 0.25) is 5.04 Å². The van der Waals surface area contributed by atoms with E-state index in [0.29, 0.717) is 0 Å². The lowest BCUT2D eigenvalue weighted by Crippen LogP contribution is -2.68. The third-order valence-corrected chi connectivity index (χ3v) is 13.6. The third kappa shape index (κ3) is 7.93. The van der Waals surface area contributed by atoms with Crippen molar-refractivity contribution in [2.24, 2.45) is 5.11 Å². The van der Waals surface area contributed by atoms with Crippen molar-refractivity contribution < 1.29 is 27.8 Å². The first-order valence-corrected chi connectivity index (χ1v) is 17.7. The number of alkyl halides is 1. The van der Waals surface area contributed by atoms with Crippen LogP contribution in [-0.2, 0) is 31.9 Å². The van der Waals surface area contributed by atoms with Gasteiger partial charge in [-0.15, -0.1) is 0 Å². The summed E-state index contributed by atoms with van der Waals surface area (Å²) in [5.74, 6) is 0.721. The van der Waals surface area contributed by atoms with Gasteiger partial charge in [0.05, 0.1) is 26.9 Å². The molecule has 246 valence electrons. The molecular weight excluding hydrogens is 614 g/mol. The molecule has 0 aromatic heterocycles. The minimum absolute atomic E-state index is 0.0230. The number of azide groups is 1. The van der Waals surface area contributed by atoms with Crippen molar-refractivity contribution in [1.29, 1.82) is 0 Å². The van der Waals surface area contributed by atoms with Gasteiger partial charge in [-0.3, -0.25) is 0 Å². The van der Waals surface area contributed by atoms with Crippen LogP contribution in [0, 0.1) is 0 Å². The Bertz CT molecular complexity index is 1550. The van der Waals surface area contributed by atoms with E-state index >= 15 is 4.39 Å². The summed E-state index contributed by atoms with van der Waals surface area (Å²) in [6.07, 6.45) is -4.60. The van der Waals surface area contributed by atoms with Gasteiger partial charge in [0.2, 0.25) is 6.36 Å². The van der Waals surface area contributed by atoms with E-state index in [4.69, 9.17) is 23.4 Å². The van der Waals surface area contributed by atoms with Crippen molar-refractivity contribution in [3.8, 4) is 5.75 Å². The monoisotopic (exact) mass is 655 g/mol. The Hall–Kier alpha value is -4.02. The maximum atomic E-state index is 15.9. The summed E-state index contributed by atoms with van der Waals surface area (Å²) in [5.41, 5.74) is 11.2. The number of halogens is 1. The Balaban J connectivity index is 1.52. The summed E-state index contributed by atoms with van der Waals surface area (Å²) < 4.78 is 47.3. The first-order chi connectivity index (χ1) is 22.8. The van der Waals surface area contributed by atoms with Crippen molar-refractivity contribution >= 4 is 18.7 Å². The molecule has 0 saturated carbocycles. The smallest absolute Gasteiger partial charge is 0.261 e. The SMILES string of the molecule is COc1ccc(CO[C@H]2[C@H](OCc3ccccc3)[C@@H](N=[N+]=[N-])[C@H](F)O[C@@H]2CO[Si](c2ccccc2)(c2ccccc2)C(C)(C)C)cc1. The molecule has 1 aliphatic rings. The fraction of sp³-hybridized carbons (Fsp3) is 0.351. The predicted octanol–water partition coefficient (Wildman–Crippen LogP) is 7.12. The van der Waals surface area contributed by atoms with Gasteiger partial charge in [-0.2, -0.15) is 0 Å². The second kappa shape index (κ2) is 15.7. The molecule has 47 heavy (non-hydrogen) atoms. The largest absolute Gasteiger partial charge is 0.497 e. The lowest BCUT2D eigenvalue weighted by molar-refractivity contribution is -0.249. The minimum Gasteiger partial charge on any atom is -0.497 e. The van der Waals surface area contributed by atoms with Gasteiger partial charge < -0.3 is 23.4 Å². The Labute approximate surface area is 277 Å². The van der Waals surface area contributed by atoms with Gasteiger partial charge in [-0.1, -0.05) is 129 Å². The van der Waals surface area contributed by atoms with Crippen LogP contribution in [0.1, 0.15) is 31.9 Å². The van der Waals surface area contributed by atoms with Gasteiger partial charge in [0.15, 0.2) is 0 Å². The summed E-state index contributed by atoms with van der Waals surface area (Å²) in [6.45, 7) is 6.91. The highest BCUT2D eigenvalue weighted by molar-refractivity contribution is 6.99. The van der Waals surface area contributed by atoms with Gasteiger partial charge >= 0.3 is 0 Å². The number of hydrogen-bond acceptors (Lipinski definition) is 6. The molecule has 10 heteroatoms. The molecule has 5 atom stereocenters. The van der Waals surface area contributed by atoms with Crippen LogP contribution in [0.15, 0.2) is 120 Å². The van der Waals surface area contributed by atoms with E-state index in [9.17, 15) is 5.53 Å². The lowest BCUT2D eigenvalue weighted by atomic mass is 9.97. The van der Waals surface area contributed by atoms with Gasteiger partial charge in [0.25, 0.3) is 8.32 Å². The van der Waals surface area contributed by atoms with E-state index in [0.717, 1.165) is 27.2 Å². The average molecular weight is 656 g/mol. The molecule has 5 rings (SSSR count). The zero-order chi connectivity index (χ0) is 33.3. The molecular formula is C37H42FN3O5Si. The normalized spacial score (nSPS) is 21.5. The Kier molecular flexibility index (Phi) is 11.5. The molecule has 0 radical (unpaired) electrons. The second-order valence-corrected chi connectivity index (χ2v) is 16.9. The van der Waals surface area contributed by atoms with Crippen LogP contribution in [0.25, 0.3) is 10.4 Å². The van der Waals surface area contributed by atoms with Gasteiger partial charge in [0.1, 0.15) is 30.1 Å². The summed E-state index contributed by atoms with van der Waals surface area (Å²) >= 11 is 0. The highest BCUT2D eigenvalue weighted by atomic mass is 28.4. The lowest BCUT2D eigenvalue weighted by Gasteiger charge is -2.46. The van der Waals surface area contributed by atoms with Crippen LogP contribution in [0.3, 0.4) is 0 Å². The molecule has 4 aromatic carbocycles. The first kappa shape index (κ1) is 34.3. The Morgan fingerprint density at radius 2 is 1.28 bits per heavy atom. The number of rotatable bonds is 13. The highest BCUT2D eigenvalue weighted by Crippen LogP contribution is 2.38.